The van der Waals surface area contributed by atoms with Gasteiger partial charge in [-0.2, -0.15) is 16.7 Å². The van der Waals surface area contributed by atoms with Crippen LogP contribution in [0.15, 0.2) is 54.2 Å². The molecular weight excluding hydrogens is 915 g/mol. The van der Waals surface area contributed by atoms with Crippen molar-refractivity contribution in [3.8, 4) is 21.9 Å². The summed E-state index contributed by atoms with van der Waals surface area (Å²) < 4.78 is 42.4. The number of aryl methyl sites for hydroxylation is 1. The molecule has 2 aliphatic rings. The summed E-state index contributed by atoms with van der Waals surface area (Å²) in [5, 5.41) is 22.7. The van der Waals surface area contributed by atoms with E-state index in [4.69, 9.17) is 35.3 Å². The van der Waals surface area contributed by atoms with E-state index in [1.165, 1.54) is 22.9 Å². The second-order valence-electron chi connectivity index (χ2n) is 16.2. The SMILES string of the molecule is CNc1nc(Nc2ccc(OCCOCCOCCOCCSC(C)(C)C(NC(=O)C3(F)CC3)C(=O)N3C[C@H](O)C[C@H]3C(=O)NCc3ccc(-c4scnc4C)cc3)cc2OC)ncc1Cl. The van der Waals surface area contributed by atoms with Crippen molar-refractivity contribution in [2.45, 2.75) is 75.2 Å². The first-order valence-corrected chi connectivity index (χ1v) is 23.9. The molecule has 21 heteroatoms. The number of halogens is 2. The molecule has 358 valence electrons. The van der Waals surface area contributed by atoms with Crippen LogP contribution >= 0.6 is 34.7 Å². The van der Waals surface area contributed by atoms with Gasteiger partial charge in [-0.1, -0.05) is 35.9 Å². The normalized spacial score (nSPS) is 16.9. The summed E-state index contributed by atoms with van der Waals surface area (Å²) in [6.45, 7) is 7.97. The van der Waals surface area contributed by atoms with Gasteiger partial charge in [-0.05, 0) is 56.9 Å². The van der Waals surface area contributed by atoms with E-state index in [2.05, 4.69) is 36.2 Å². The Labute approximate surface area is 397 Å². The van der Waals surface area contributed by atoms with Gasteiger partial charge in [0.2, 0.25) is 17.8 Å². The number of methoxy groups -OCH3 is 1. The molecule has 2 fully saturated rings. The molecule has 6 rings (SSSR count). The van der Waals surface area contributed by atoms with Crippen LogP contribution in [-0.4, -0.2) is 144 Å². The van der Waals surface area contributed by atoms with E-state index in [1.54, 1.807) is 63.1 Å². The molecule has 1 unspecified atom stereocenters. The number of thioether (sulfide) groups is 1. The number of anilines is 3. The molecule has 1 aliphatic heterocycles. The fraction of sp³-hybridized carbons (Fsp3) is 0.511. The third-order valence-corrected chi connectivity index (χ3v) is 13.6. The number of aliphatic hydroxyl groups excluding tert-OH is 1. The van der Waals surface area contributed by atoms with Crippen molar-refractivity contribution in [2.75, 3.05) is 83.3 Å². The number of hydrogen-bond donors (Lipinski definition) is 5. The van der Waals surface area contributed by atoms with Crippen molar-refractivity contribution in [1.82, 2.24) is 30.5 Å². The van der Waals surface area contributed by atoms with Crippen LogP contribution in [-0.2, 0) is 35.1 Å². The van der Waals surface area contributed by atoms with Gasteiger partial charge in [0.25, 0.3) is 5.91 Å². The number of nitrogens with zero attached hydrogens (tertiary/aromatic N) is 4. The molecule has 3 amide bonds. The number of hydrogen-bond acceptors (Lipinski definition) is 16. The van der Waals surface area contributed by atoms with Gasteiger partial charge in [0.1, 0.15) is 41.0 Å². The number of carbonyl (C=O) groups is 3. The van der Waals surface area contributed by atoms with Gasteiger partial charge in [0.05, 0.1) is 80.8 Å². The molecule has 17 nitrogen and oxygen atoms in total. The minimum Gasteiger partial charge on any atom is -0.494 e. The lowest BCUT2D eigenvalue weighted by molar-refractivity contribution is -0.143. The van der Waals surface area contributed by atoms with Gasteiger partial charge >= 0.3 is 0 Å². The molecule has 3 heterocycles. The Morgan fingerprint density at radius 1 is 1.03 bits per heavy atom. The van der Waals surface area contributed by atoms with Gasteiger partial charge in [-0.3, -0.25) is 14.4 Å². The maximum atomic E-state index is 15.0. The Balaban J connectivity index is 0.884. The number of carbonyl (C=O) groups excluding carboxylic acids is 3. The topological polar surface area (TPSA) is 208 Å². The molecular formula is C45H58ClFN8O9S2. The molecule has 2 aromatic heterocycles. The first-order valence-electron chi connectivity index (χ1n) is 21.6. The largest absolute Gasteiger partial charge is 0.494 e. The standard InChI is InChI=1S/C45H58ClFN8O9S2/c1-28-37(65-27-51-28)30-8-6-29(7-9-30)24-49-40(57)35-22-31(56)26-55(35)41(58)38(53-42(59)45(47)12-13-45)44(2,3)66-21-20-63-17-16-61-14-15-62-18-19-64-32-10-11-34(36(23-32)60-5)52-43-50-25-33(46)39(48-4)54-43/h6-11,23,25,27,31,35,38,56H,12-22,24,26H2,1-5H3,(H,49,57)(H,53,59)(H2,48,50,52,54)/t31-,35+,38?/m1/s1. The molecule has 0 spiro atoms. The van der Waals surface area contributed by atoms with E-state index in [0.717, 1.165) is 21.7 Å². The van der Waals surface area contributed by atoms with Crippen LogP contribution in [0.1, 0.15) is 44.4 Å². The van der Waals surface area contributed by atoms with Gasteiger partial charge in [0.15, 0.2) is 5.67 Å². The van der Waals surface area contributed by atoms with Crippen LogP contribution < -0.4 is 30.7 Å². The molecule has 0 bridgehead atoms. The van der Waals surface area contributed by atoms with Crippen molar-refractivity contribution < 1.29 is 47.6 Å². The van der Waals surface area contributed by atoms with Crippen molar-refractivity contribution >= 4 is 69.9 Å². The Kier molecular flexibility index (Phi) is 18.2. The number of aromatic nitrogens is 3. The smallest absolute Gasteiger partial charge is 0.258 e. The highest BCUT2D eigenvalue weighted by Gasteiger charge is 2.54. The van der Waals surface area contributed by atoms with E-state index < -0.39 is 46.3 Å². The Hall–Kier alpha value is -4.83. The number of aliphatic hydroxyl groups is 1. The van der Waals surface area contributed by atoms with Crippen LogP contribution in [0.2, 0.25) is 5.02 Å². The summed E-state index contributed by atoms with van der Waals surface area (Å²) in [7, 11) is 3.27. The molecule has 66 heavy (non-hydrogen) atoms. The quantitative estimate of drug-likeness (QED) is 0.0489. The van der Waals surface area contributed by atoms with E-state index >= 15 is 0 Å². The van der Waals surface area contributed by atoms with E-state index in [0.29, 0.717) is 86.0 Å². The summed E-state index contributed by atoms with van der Waals surface area (Å²) in [6.07, 6.45) is 0.745. The Morgan fingerprint density at radius 2 is 1.73 bits per heavy atom. The van der Waals surface area contributed by atoms with Crippen LogP contribution in [0.4, 0.5) is 21.8 Å². The molecule has 5 N–H and O–H groups in total. The van der Waals surface area contributed by atoms with Gasteiger partial charge in [-0.25, -0.2) is 14.4 Å². The van der Waals surface area contributed by atoms with E-state index in [-0.39, 0.29) is 32.4 Å². The number of likely N-dealkylation sites (tertiary alicyclic amines) is 1. The molecule has 1 aliphatic carbocycles. The fourth-order valence-corrected chi connectivity index (χ4v) is 9.11. The predicted octanol–water partition coefficient (Wildman–Crippen LogP) is 5.56. The van der Waals surface area contributed by atoms with Crippen molar-refractivity contribution in [2.24, 2.45) is 0 Å². The minimum atomic E-state index is -2.02. The van der Waals surface area contributed by atoms with Crippen LogP contribution in [0.5, 0.6) is 11.5 Å². The van der Waals surface area contributed by atoms with Crippen molar-refractivity contribution in [3.05, 3.63) is 70.5 Å². The summed E-state index contributed by atoms with van der Waals surface area (Å²) in [5.74, 6) is 0.581. The lowest BCUT2D eigenvalue weighted by Crippen LogP contribution is -2.61. The molecule has 1 saturated carbocycles. The lowest BCUT2D eigenvalue weighted by atomic mass is 10.00. The number of ether oxygens (including phenoxy) is 5. The molecule has 1 saturated heterocycles. The highest BCUT2D eigenvalue weighted by molar-refractivity contribution is 8.00. The number of rotatable bonds is 26. The number of amides is 3. The van der Waals surface area contributed by atoms with E-state index in [9.17, 15) is 23.9 Å². The first-order chi connectivity index (χ1) is 31.7. The third kappa shape index (κ3) is 13.9. The zero-order valence-electron chi connectivity index (χ0n) is 37.7. The zero-order chi connectivity index (χ0) is 47.3. The van der Waals surface area contributed by atoms with Crippen LogP contribution in [0.3, 0.4) is 0 Å². The number of thiazole rings is 1. The summed E-state index contributed by atoms with van der Waals surface area (Å²) >= 11 is 9.02. The molecule has 0 radical (unpaired) electrons. The van der Waals surface area contributed by atoms with Crippen molar-refractivity contribution in [3.63, 3.8) is 0 Å². The lowest BCUT2D eigenvalue weighted by Gasteiger charge is -2.37. The Morgan fingerprint density at radius 3 is 2.38 bits per heavy atom. The minimum absolute atomic E-state index is 0.0329. The highest BCUT2D eigenvalue weighted by Crippen LogP contribution is 2.41. The average Bonchev–Trinajstić information content (AvgIpc) is 3.72. The second kappa shape index (κ2) is 23.8. The fourth-order valence-electron chi connectivity index (χ4n) is 7.06. The number of benzene rings is 2. The monoisotopic (exact) mass is 972 g/mol. The van der Waals surface area contributed by atoms with Crippen LogP contribution in [0, 0.1) is 6.92 Å². The summed E-state index contributed by atoms with van der Waals surface area (Å²) in [4.78, 5) is 56.1. The van der Waals surface area contributed by atoms with Gasteiger partial charge < -0.3 is 55.0 Å². The number of nitrogens with one attached hydrogen (secondary N) is 4. The predicted molar refractivity (Wildman–Crippen MR) is 253 cm³/mol. The second-order valence-corrected chi connectivity index (χ2v) is 19.2. The summed E-state index contributed by atoms with van der Waals surface area (Å²) in [5.41, 5.74) is 3.26. The van der Waals surface area contributed by atoms with Crippen molar-refractivity contribution in [1.29, 1.82) is 0 Å². The van der Waals surface area contributed by atoms with Gasteiger partial charge in [-0.15, -0.1) is 11.3 Å². The highest BCUT2D eigenvalue weighted by atomic mass is 35.5. The number of alkyl halides is 1. The molecule has 2 aromatic carbocycles. The van der Waals surface area contributed by atoms with Gasteiger partial charge in [0, 0.05) is 43.1 Å². The summed E-state index contributed by atoms with van der Waals surface area (Å²) in [6, 6.07) is 11.0. The first kappa shape index (κ1) is 50.6. The third-order valence-electron chi connectivity index (χ3n) is 10.9. The number of β-amino-alcohol motifs (C(OH)–C–C–N with tert-alkyl or cyclic N) is 1. The maximum absolute atomic E-state index is 15.0. The molecule has 4 aromatic rings. The zero-order valence-corrected chi connectivity index (χ0v) is 40.1. The molecule has 3 atom stereocenters. The van der Waals surface area contributed by atoms with E-state index in [1.807, 2.05) is 31.2 Å². The average molecular weight is 974 g/mol. The Bertz CT molecular complexity index is 2250. The maximum Gasteiger partial charge on any atom is 0.258 e. The van der Waals surface area contributed by atoms with Crippen LogP contribution in [0.25, 0.3) is 10.4 Å².